The Morgan fingerprint density at radius 2 is 0.657 bits per heavy atom. The molecule has 9 rings (SSSR count). The first-order valence-corrected chi connectivity index (χ1v) is 26.0. The van der Waals surface area contributed by atoms with Crippen LogP contribution in [0, 0.1) is 17.8 Å². The number of halogens is 3. The van der Waals surface area contributed by atoms with Crippen molar-refractivity contribution in [2.45, 2.75) is 85.2 Å². The van der Waals surface area contributed by atoms with Crippen molar-refractivity contribution >= 4 is 34.8 Å². The molecule has 374 valence electrons. The largest absolute Gasteiger partial charge is 0.311 e. The summed E-state index contributed by atoms with van der Waals surface area (Å²) in [5.74, 6) is 1.85. The van der Waals surface area contributed by atoms with Crippen molar-refractivity contribution < 1.29 is 0 Å². The summed E-state index contributed by atoms with van der Waals surface area (Å²) in [6.45, 7) is 22.9. The van der Waals surface area contributed by atoms with Gasteiger partial charge in [-0.15, -0.1) is 0 Å². The zero-order chi connectivity index (χ0) is 48.7. The van der Waals surface area contributed by atoms with Gasteiger partial charge in [-0.05, 0) is 107 Å². The Hall–Kier alpha value is -4.26. The Morgan fingerprint density at radius 1 is 0.400 bits per heavy atom. The molecule has 0 spiro atoms. The Bertz CT molecular complexity index is 2110. The summed E-state index contributed by atoms with van der Waals surface area (Å²) in [7, 11) is 0. The van der Waals surface area contributed by atoms with Crippen LogP contribution in [0.1, 0.15) is 101 Å². The first-order chi connectivity index (χ1) is 33.4. The molecule has 3 aliphatic rings. The SMILES string of the molecule is C.CC(C)[C@H]1CN(C(c2ccc(Cl)cc2)c2ccccn2)CCN1.CC(C)[C@H]1CN(C(c2ccc(Cl)cc2)c2ccccn2)CCN1.CC(C)[C@H]1CN(C(c2ccc(Cl)cc2)c2ccccn2)CCN1. The van der Waals surface area contributed by atoms with Crippen molar-refractivity contribution in [3.63, 3.8) is 0 Å². The van der Waals surface area contributed by atoms with Crippen molar-refractivity contribution in [2.24, 2.45) is 17.8 Å². The zero-order valence-corrected chi connectivity index (χ0v) is 43.5. The van der Waals surface area contributed by atoms with Gasteiger partial charge in [0, 0.05) is 111 Å². The Morgan fingerprint density at radius 3 is 0.871 bits per heavy atom. The van der Waals surface area contributed by atoms with Crippen LogP contribution in [0.5, 0.6) is 0 Å². The van der Waals surface area contributed by atoms with E-state index < -0.39 is 0 Å². The first-order valence-electron chi connectivity index (χ1n) is 24.9. The van der Waals surface area contributed by atoms with E-state index >= 15 is 0 Å². The number of piperazine rings is 3. The third kappa shape index (κ3) is 15.4. The molecule has 0 amide bonds. The zero-order valence-electron chi connectivity index (χ0n) is 41.2. The fourth-order valence-corrected chi connectivity index (χ4v) is 10.1. The van der Waals surface area contributed by atoms with E-state index in [2.05, 4.69) is 160 Å². The molecule has 0 aliphatic carbocycles. The van der Waals surface area contributed by atoms with E-state index in [0.29, 0.717) is 35.9 Å². The number of nitrogens with one attached hydrogen (secondary N) is 3. The van der Waals surface area contributed by atoms with Crippen LogP contribution in [0.15, 0.2) is 146 Å². The van der Waals surface area contributed by atoms with E-state index in [0.717, 1.165) is 91.1 Å². The van der Waals surface area contributed by atoms with Gasteiger partial charge < -0.3 is 16.0 Å². The van der Waals surface area contributed by atoms with Gasteiger partial charge in [0.25, 0.3) is 0 Å². The van der Waals surface area contributed by atoms with Crippen LogP contribution in [0.3, 0.4) is 0 Å². The van der Waals surface area contributed by atoms with Gasteiger partial charge in [0.05, 0.1) is 35.2 Å². The van der Waals surface area contributed by atoms with Crippen molar-refractivity contribution in [2.75, 3.05) is 58.9 Å². The first kappa shape index (κ1) is 55.1. The molecule has 3 aromatic carbocycles. The summed E-state index contributed by atoms with van der Waals surface area (Å²) >= 11 is 18.2. The normalized spacial score (nSPS) is 20.3. The van der Waals surface area contributed by atoms with Crippen molar-refractivity contribution in [1.29, 1.82) is 0 Å². The summed E-state index contributed by atoms with van der Waals surface area (Å²) in [4.78, 5) is 21.5. The van der Waals surface area contributed by atoms with Gasteiger partial charge in [0.15, 0.2) is 0 Å². The quantitative estimate of drug-likeness (QED) is 0.111. The molecule has 12 heteroatoms. The molecule has 3 aromatic heterocycles. The Balaban J connectivity index is 0.000000171. The third-order valence-corrected chi connectivity index (χ3v) is 14.4. The van der Waals surface area contributed by atoms with Gasteiger partial charge in [-0.25, -0.2) is 0 Å². The molecule has 3 unspecified atom stereocenters. The van der Waals surface area contributed by atoms with Gasteiger partial charge in [-0.3, -0.25) is 29.7 Å². The number of hydrogen-bond donors (Lipinski definition) is 3. The highest BCUT2D eigenvalue weighted by Crippen LogP contribution is 2.33. The molecule has 3 aliphatic heterocycles. The molecule has 0 bridgehead atoms. The van der Waals surface area contributed by atoms with Crippen LogP contribution in [-0.2, 0) is 0 Å². The Kier molecular flexibility index (Phi) is 21.7. The molecule has 3 N–H and O–H groups in total. The highest BCUT2D eigenvalue weighted by molar-refractivity contribution is 6.31. The second kappa shape index (κ2) is 27.5. The van der Waals surface area contributed by atoms with Gasteiger partial charge in [0.1, 0.15) is 0 Å². The maximum atomic E-state index is 6.07. The van der Waals surface area contributed by atoms with Gasteiger partial charge in [-0.2, -0.15) is 0 Å². The highest BCUT2D eigenvalue weighted by atomic mass is 35.5. The average molecular weight is 1010 g/mol. The van der Waals surface area contributed by atoms with Gasteiger partial charge >= 0.3 is 0 Å². The van der Waals surface area contributed by atoms with Crippen molar-refractivity contribution in [1.82, 2.24) is 45.6 Å². The molecule has 6 atom stereocenters. The van der Waals surface area contributed by atoms with E-state index in [1.54, 1.807) is 0 Å². The van der Waals surface area contributed by atoms with E-state index in [9.17, 15) is 0 Å². The molecule has 0 radical (unpaired) electrons. The molecule has 3 fully saturated rings. The lowest BCUT2D eigenvalue weighted by atomic mass is 9.96. The number of aromatic nitrogens is 3. The van der Waals surface area contributed by atoms with E-state index in [4.69, 9.17) is 34.8 Å². The molecular weight excluding hydrogens is 929 g/mol. The standard InChI is InChI=1S/3C19H24ClN3.CH4/c3*1-14(2)18-13-23(12-11-22-18)19(17-5-3-4-10-21-17)15-6-8-16(20)9-7-15;/h3*3-10,14,18-19,22H,11-13H2,1-2H3;1H4/t3*18-,19?;/m111./s1. The molecular formula is C58H76Cl3N9. The minimum atomic E-state index is 0. The van der Waals surface area contributed by atoms with E-state index in [-0.39, 0.29) is 25.6 Å². The van der Waals surface area contributed by atoms with E-state index in [1.807, 2.05) is 73.2 Å². The van der Waals surface area contributed by atoms with Crippen LogP contribution in [-0.4, -0.2) is 107 Å². The smallest absolute Gasteiger partial charge is 0.0777 e. The summed E-state index contributed by atoms with van der Waals surface area (Å²) in [5.41, 5.74) is 7.03. The number of rotatable bonds is 12. The summed E-state index contributed by atoms with van der Waals surface area (Å²) in [5, 5.41) is 13.2. The molecule has 70 heavy (non-hydrogen) atoms. The third-order valence-electron chi connectivity index (χ3n) is 13.7. The molecule has 6 heterocycles. The van der Waals surface area contributed by atoms with Crippen LogP contribution in [0.25, 0.3) is 0 Å². The van der Waals surface area contributed by atoms with Crippen LogP contribution >= 0.6 is 34.8 Å². The maximum Gasteiger partial charge on any atom is 0.0777 e. The summed E-state index contributed by atoms with van der Waals surface area (Å²) < 4.78 is 0. The molecule has 9 nitrogen and oxygen atoms in total. The van der Waals surface area contributed by atoms with Crippen molar-refractivity contribution in [3.8, 4) is 0 Å². The predicted molar refractivity (Wildman–Crippen MR) is 294 cm³/mol. The predicted octanol–water partition coefficient (Wildman–Crippen LogP) is 11.9. The van der Waals surface area contributed by atoms with Crippen LogP contribution in [0.4, 0.5) is 0 Å². The molecule has 6 aromatic rings. The van der Waals surface area contributed by atoms with Crippen molar-refractivity contribution in [3.05, 3.63) is 195 Å². The number of benzene rings is 3. The number of pyridine rings is 3. The Labute approximate surface area is 434 Å². The number of hydrogen-bond acceptors (Lipinski definition) is 9. The minimum Gasteiger partial charge on any atom is -0.311 e. The van der Waals surface area contributed by atoms with Gasteiger partial charge in [0.2, 0.25) is 0 Å². The lowest BCUT2D eigenvalue weighted by Gasteiger charge is -2.40. The van der Waals surface area contributed by atoms with Gasteiger partial charge in [-0.1, -0.05) is 138 Å². The lowest BCUT2D eigenvalue weighted by Crippen LogP contribution is -2.53. The fourth-order valence-electron chi connectivity index (χ4n) is 9.70. The lowest BCUT2D eigenvalue weighted by molar-refractivity contribution is 0.142. The highest BCUT2D eigenvalue weighted by Gasteiger charge is 2.32. The second-order valence-electron chi connectivity index (χ2n) is 19.5. The summed E-state index contributed by atoms with van der Waals surface area (Å²) in [6, 6.07) is 45.0. The van der Waals surface area contributed by atoms with Crippen LogP contribution in [0.2, 0.25) is 15.1 Å². The maximum absolute atomic E-state index is 6.07. The summed E-state index contributed by atoms with van der Waals surface area (Å²) in [6.07, 6.45) is 5.63. The fraction of sp³-hybridized carbons (Fsp3) is 0.431. The average Bonchev–Trinajstić information content (AvgIpc) is 3.38. The van der Waals surface area contributed by atoms with Crippen LogP contribution < -0.4 is 16.0 Å². The molecule has 3 saturated heterocycles. The topological polar surface area (TPSA) is 84.5 Å². The number of nitrogens with zero attached hydrogens (tertiary/aromatic N) is 6. The molecule has 0 saturated carbocycles. The minimum absolute atomic E-state index is 0. The van der Waals surface area contributed by atoms with E-state index in [1.165, 1.54) is 16.7 Å². The monoisotopic (exact) mass is 1000 g/mol. The second-order valence-corrected chi connectivity index (χ2v) is 20.8.